The number of ether oxygens (including phenoxy) is 1. The first-order valence-corrected chi connectivity index (χ1v) is 5.86. The molecule has 100 valence electrons. The normalized spacial score (nSPS) is 11.4. The van der Waals surface area contributed by atoms with Crippen LogP contribution in [0.1, 0.15) is 34.1 Å². The van der Waals surface area contributed by atoms with Gasteiger partial charge in [0.05, 0.1) is 0 Å². The molecule has 0 saturated heterocycles. The van der Waals surface area contributed by atoms with Crippen molar-refractivity contribution in [2.75, 3.05) is 20.3 Å². The summed E-state index contributed by atoms with van der Waals surface area (Å²) >= 11 is 0. The Morgan fingerprint density at radius 1 is 1.18 bits per heavy atom. The summed E-state index contributed by atoms with van der Waals surface area (Å²) in [5, 5.41) is 5.30. The van der Waals surface area contributed by atoms with E-state index in [1.165, 1.54) is 7.05 Å². The molecule has 0 aromatic rings. The molecule has 0 bridgehead atoms. The topological polar surface area (TPSA) is 67.4 Å². The second-order valence-corrected chi connectivity index (χ2v) is 5.20. The molecule has 0 radical (unpaired) electrons. The average molecular weight is 244 g/mol. The van der Waals surface area contributed by atoms with E-state index < -0.39 is 0 Å². The summed E-state index contributed by atoms with van der Waals surface area (Å²) in [6.45, 7) is 7.99. The first-order chi connectivity index (χ1) is 7.76. The molecule has 0 aliphatic heterocycles. The molecule has 0 aliphatic carbocycles. The van der Waals surface area contributed by atoms with E-state index >= 15 is 0 Å². The molecule has 0 heterocycles. The molecule has 2 amide bonds. The lowest BCUT2D eigenvalue weighted by molar-refractivity contribution is -0.131. The zero-order valence-electron chi connectivity index (χ0n) is 11.4. The van der Waals surface area contributed by atoms with Crippen LogP contribution in [0.2, 0.25) is 0 Å². The number of hydrogen-bond acceptors (Lipinski definition) is 3. The number of likely N-dealkylation sites (N-methyl/N-ethyl adjacent to an activating group) is 1. The van der Waals surface area contributed by atoms with Crippen molar-refractivity contribution >= 4 is 11.8 Å². The Labute approximate surface area is 103 Å². The quantitative estimate of drug-likeness (QED) is 0.692. The third-order valence-electron chi connectivity index (χ3n) is 2.14. The van der Waals surface area contributed by atoms with Crippen LogP contribution < -0.4 is 10.6 Å². The van der Waals surface area contributed by atoms with Crippen molar-refractivity contribution in [2.24, 2.45) is 5.92 Å². The smallest absolute Gasteiger partial charge is 0.246 e. The molecule has 0 fully saturated rings. The Balaban J connectivity index is 3.89. The minimum atomic E-state index is -0.248. The fraction of sp³-hybridized carbons (Fsp3) is 0.833. The second-order valence-electron chi connectivity index (χ2n) is 5.20. The van der Waals surface area contributed by atoms with Crippen LogP contribution in [-0.2, 0) is 14.3 Å². The molecule has 0 aromatic heterocycles. The summed E-state index contributed by atoms with van der Waals surface area (Å²) in [5.74, 6) is 0.0795. The third kappa shape index (κ3) is 8.68. The van der Waals surface area contributed by atoms with Gasteiger partial charge in [0, 0.05) is 12.6 Å². The predicted octanol–water partition coefficient (Wildman–Crippen LogP) is 0.690. The van der Waals surface area contributed by atoms with Crippen LogP contribution in [0.4, 0.5) is 0 Å². The monoisotopic (exact) mass is 244 g/mol. The van der Waals surface area contributed by atoms with Gasteiger partial charge >= 0.3 is 0 Å². The molecular formula is C12H24N2O3. The van der Waals surface area contributed by atoms with E-state index in [1.807, 2.05) is 13.8 Å². The number of rotatable bonds is 7. The van der Waals surface area contributed by atoms with E-state index in [1.54, 1.807) is 0 Å². The molecule has 0 spiro atoms. The SMILES string of the molecule is CNC(=O)COCC(=O)NC(C)(C)CC(C)C. The molecular weight excluding hydrogens is 220 g/mol. The fourth-order valence-electron chi connectivity index (χ4n) is 1.79. The highest BCUT2D eigenvalue weighted by molar-refractivity contribution is 5.79. The summed E-state index contributed by atoms with van der Waals surface area (Å²) in [7, 11) is 1.53. The average Bonchev–Trinajstić information content (AvgIpc) is 2.14. The molecule has 0 aliphatic rings. The van der Waals surface area contributed by atoms with Crippen LogP contribution in [0.15, 0.2) is 0 Å². The van der Waals surface area contributed by atoms with Gasteiger partial charge in [0.25, 0.3) is 0 Å². The van der Waals surface area contributed by atoms with Crippen LogP contribution in [0.25, 0.3) is 0 Å². The molecule has 0 saturated carbocycles. The molecule has 17 heavy (non-hydrogen) atoms. The maximum atomic E-state index is 11.5. The van der Waals surface area contributed by atoms with Crippen molar-refractivity contribution in [3.05, 3.63) is 0 Å². The molecule has 0 aromatic carbocycles. The molecule has 0 rings (SSSR count). The zero-order valence-corrected chi connectivity index (χ0v) is 11.4. The van der Waals surface area contributed by atoms with E-state index in [9.17, 15) is 9.59 Å². The lowest BCUT2D eigenvalue weighted by atomic mass is 9.93. The minimum Gasteiger partial charge on any atom is -0.362 e. The van der Waals surface area contributed by atoms with Crippen molar-refractivity contribution in [2.45, 2.75) is 39.7 Å². The standard InChI is InChI=1S/C12H24N2O3/c1-9(2)6-12(3,4)14-11(16)8-17-7-10(15)13-5/h9H,6-8H2,1-5H3,(H,13,15)(H,14,16). The van der Waals surface area contributed by atoms with Gasteiger partial charge in [-0.05, 0) is 26.2 Å². The number of amides is 2. The molecule has 5 nitrogen and oxygen atoms in total. The highest BCUT2D eigenvalue weighted by atomic mass is 16.5. The van der Waals surface area contributed by atoms with Crippen molar-refractivity contribution < 1.29 is 14.3 Å². The number of nitrogens with one attached hydrogen (secondary N) is 2. The van der Waals surface area contributed by atoms with Crippen LogP contribution in [0.3, 0.4) is 0 Å². The van der Waals surface area contributed by atoms with Crippen molar-refractivity contribution in [3.63, 3.8) is 0 Å². The molecule has 5 heteroatoms. The summed E-state index contributed by atoms with van der Waals surface area (Å²) < 4.78 is 4.97. The summed E-state index contributed by atoms with van der Waals surface area (Å²) in [6, 6.07) is 0. The van der Waals surface area contributed by atoms with Gasteiger partial charge in [-0.25, -0.2) is 0 Å². The second kappa shape index (κ2) is 7.27. The van der Waals surface area contributed by atoms with Crippen molar-refractivity contribution in [3.8, 4) is 0 Å². The largest absolute Gasteiger partial charge is 0.362 e. The van der Waals surface area contributed by atoms with E-state index in [0.717, 1.165) is 6.42 Å². The van der Waals surface area contributed by atoms with Gasteiger partial charge < -0.3 is 15.4 Å². The lowest BCUT2D eigenvalue weighted by Gasteiger charge is -2.28. The van der Waals surface area contributed by atoms with Gasteiger partial charge in [0.1, 0.15) is 13.2 Å². The Morgan fingerprint density at radius 3 is 2.18 bits per heavy atom. The zero-order chi connectivity index (χ0) is 13.5. The van der Waals surface area contributed by atoms with Gasteiger partial charge in [-0.2, -0.15) is 0 Å². The van der Waals surface area contributed by atoms with Crippen LogP contribution in [-0.4, -0.2) is 37.6 Å². The third-order valence-corrected chi connectivity index (χ3v) is 2.14. The van der Waals surface area contributed by atoms with Crippen molar-refractivity contribution in [1.82, 2.24) is 10.6 Å². The first-order valence-electron chi connectivity index (χ1n) is 5.86. The summed E-state index contributed by atoms with van der Waals surface area (Å²) in [4.78, 5) is 22.4. The van der Waals surface area contributed by atoms with Gasteiger partial charge in [-0.1, -0.05) is 13.8 Å². The Kier molecular flexibility index (Phi) is 6.80. The van der Waals surface area contributed by atoms with Gasteiger partial charge in [-0.3, -0.25) is 9.59 Å². The van der Waals surface area contributed by atoms with E-state index in [-0.39, 0.29) is 30.6 Å². The van der Waals surface area contributed by atoms with E-state index in [0.29, 0.717) is 5.92 Å². The first kappa shape index (κ1) is 15.9. The number of carbonyl (C=O) groups is 2. The fourth-order valence-corrected chi connectivity index (χ4v) is 1.79. The Bertz CT molecular complexity index is 262. The number of hydrogen-bond donors (Lipinski definition) is 2. The Hall–Kier alpha value is -1.10. The lowest BCUT2D eigenvalue weighted by Crippen LogP contribution is -2.46. The van der Waals surface area contributed by atoms with Gasteiger partial charge in [0.15, 0.2) is 0 Å². The van der Waals surface area contributed by atoms with Crippen LogP contribution >= 0.6 is 0 Å². The van der Waals surface area contributed by atoms with E-state index in [2.05, 4.69) is 24.5 Å². The maximum absolute atomic E-state index is 11.5. The number of carbonyl (C=O) groups excluding carboxylic acids is 2. The molecule has 0 atom stereocenters. The summed E-state index contributed by atoms with van der Waals surface area (Å²) in [6.07, 6.45) is 0.897. The highest BCUT2D eigenvalue weighted by Gasteiger charge is 2.21. The predicted molar refractivity (Wildman–Crippen MR) is 66.6 cm³/mol. The van der Waals surface area contributed by atoms with Crippen molar-refractivity contribution in [1.29, 1.82) is 0 Å². The molecule has 0 unspecified atom stereocenters. The van der Waals surface area contributed by atoms with Crippen LogP contribution in [0, 0.1) is 5.92 Å². The van der Waals surface area contributed by atoms with Gasteiger partial charge in [-0.15, -0.1) is 0 Å². The van der Waals surface area contributed by atoms with E-state index in [4.69, 9.17) is 4.74 Å². The van der Waals surface area contributed by atoms with Crippen LogP contribution in [0.5, 0.6) is 0 Å². The molecule has 2 N–H and O–H groups in total. The minimum absolute atomic E-state index is 0.0883. The summed E-state index contributed by atoms with van der Waals surface area (Å²) in [5.41, 5.74) is -0.248. The maximum Gasteiger partial charge on any atom is 0.246 e. The Morgan fingerprint density at radius 2 is 1.71 bits per heavy atom. The van der Waals surface area contributed by atoms with Gasteiger partial charge in [0.2, 0.25) is 11.8 Å². The highest BCUT2D eigenvalue weighted by Crippen LogP contribution is 2.15.